The van der Waals surface area contributed by atoms with Crippen molar-refractivity contribution in [1.29, 1.82) is 0 Å². The Morgan fingerprint density at radius 1 is 1.13 bits per heavy atom. The summed E-state index contributed by atoms with van der Waals surface area (Å²) in [6, 6.07) is 9.19. The minimum Gasteiger partial charge on any atom is -0.370 e. The first-order valence-electron chi connectivity index (χ1n) is 14.0. The van der Waals surface area contributed by atoms with Gasteiger partial charge in [0.05, 0.1) is 11.6 Å². The summed E-state index contributed by atoms with van der Waals surface area (Å²) in [7, 11) is 0. The molecule has 9 nitrogen and oxygen atoms in total. The molecule has 5 rings (SSSR count). The van der Waals surface area contributed by atoms with E-state index in [1.807, 2.05) is 30.3 Å². The third kappa shape index (κ3) is 6.32. The van der Waals surface area contributed by atoms with Crippen molar-refractivity contribution in [1.82, 2.24) is 20.0 Å². The lowest BCUT2D eigenvalue weighted by atomic mass is 9.93. The topological polar surface area (TPSA) is 102 Å². The number of carbonyl (C=O) groups is 2. The molecule has 0 aliphatic carbocycles. The molecule has 210 valence electrons. The maximum Gasteiger partial charge on any atom is 0.265 e. The summed E-state index contributed by atoms with van der Waals surface area (Å²) in [5.41, 5.74) is 0.440. The van der Waals surface area contributed by atoms with Gasteiger partial charge in [0.25, 0.3) is 5.91 Å². The zero-order chi connectivity index (χ0) is 27.8. The lowest BCUT2D eigenvalue weighted by molar-refractivity contribution is -0.118. The number of carbonyl (C=O) groups excluding carboxylic acids is 2. The van der Waals surface area contributed by atoms with E-state index in [4.69, 9.17) is 4.98 Å². The van der Waals surface area contributed by atoms with Crippen LogP contribution in [0.15, 0.2) is 35.4 Å². The number of fused-ring (bicyclic) bond motifs is 6. The van der Waals surface area contributed by atoms with Crippen LogP contribution >= 0.6 is 11.9 Å². The van der Waals surface area contributed by atoms with Gasteiger partial charge in [-0.25, -0.2) is 9.97 Å². The Labute approximate surface area is 236 Å². The summed E-state index contributed by atoms with van der Waals surface area (Å²) in [5.74, 6) is 2.37. The molecule has 0 saturated carbocycles. The third-order valence-corrected chi connectivity index (χ3v) is 8.47. The molecule has 2 aromatic heterocycles. The molecule has 3 aliphatic heterocycles. The monoisotopic (exact) mass is 551 g/mol. The Kier molecular flexibility index (Phi) is 7.79. The predicted octanol–water partition coefficient (Wildman–Crippen LogP) is 4.47. The fraction of sp³-hybridized carbons (Fsp3) is 0.586. The lowest BCUT2D eigenvalue weighted by Gasteiger charge is -2.34. The lowest BCUT2D eigenvalue weighted by Crippen LogP contribution is -2.42. The Morgan fingerprint density at radius 3 is 2.74 bits per heavy atom. The van der Waals surface area contributed by atoms with E-state index in [-0.39, 0.29) is 28.8 Å². The summed E-state index contributed by atoms with van der Waals surface area (Å²) in [4.78, 5) is 40.6. The zero-order valence-corrected chi connectivity index (χ0v) is 24.5. The van der Waals surface area contributed by atoms with Crippen molar-refractivity contribution >= 4 is 41.2 Å². The van der Waals surface area contributed by atoms with E-state index in [0.717, 1.165) is 51.1 Å². The molecule has 2 amide bonds. The van der Waals surface area contributed by atoms with Crippen LogP contribution in [0.1, 0.15) is 70.7 Å². The highest BCUT2D eigenvalue weighted by molar-refractivity contribution is 7.97. The van der Waals surface area contributed by atoms with Gasteiger partial charge in [-0.05, 0) is 75.1 Å². The van der Waals surface area contributed by atoms with Crippen LogP contribution in [0.5, 0.6) is 0 Å². The molecule has 3 aliphatic rings. The Bertz CT molecular complexity index is 1230. The number of hydrogen-bond donors (Lipinski definition) is 3. The van der Waals surface area contributed by atoms with Crippen LogP contribution in [-0.2, 0) is 4.79 Å². The van der Waals surface area contributed by atoms with Gasteiger partial charge in [-0.15, -0.1) is 0 Å². The van der Waals surface area contributed by atoms with Crippen molar-refractivity contribution in [2.45, 2.75) is 76.9 Å². The molecule has 4 bridgehead atoms. The van der Waals surface area contributed by atoms with Crippen LogP contribution < -0.4 is 25.2 Å². The van der Waals surface area contributed by atoms with Crippen molar-refractivity contribution < 1.29 is 9.59 Å². The molecule has 0 radical (unpaired) electrons. The Balaban J connectivity index is 1.46. The fourth-order valence-electron chi connectivity index (χ4n) is 5.78. The summed E-state index contributed by atoms with van der Waals surface area (Å²) in [5, 5.41) is 7.57. The van der Waals surface area contributed by atoms with Gasteiger partial charge in [0.1, 0.15) is 22.5 Å². The average Bonchev–Trinajstić information content (AvgIpc) is 3.40. The SMILES string of the molecule is CC(C)(C)CNC1CCN(c2ccc3c(n2)N2C[C@@H](CCCNc4cccc(n4)SNC3=O)CC2(C)C)C1=O. The molecule has 1 unspecified atom stereocenters. The van der Waals surface area contributed by atoms with E-state index in [9.17, 15) is 9.59 Å². The van der Waals surface area contributed by atoms with Crippen LogP contribution in [0.4, 0.5) is 17.5 Å². The average molecular weight is 552 g/mol. The minimum atomic E-state index is -0.221. The highest BCUT2D eigenvalue weighted by Gasteiger charge is 2.41. The van der Waals surface area contributed by atoms with Crippen molar-refractivity contribution in [3.63, 3.8) is 0 Å². The maximum absolute atomic E-state index is 13.5. The first kappa shape index (κ1) is 27.7. The normalized spacial score (nSPS) is 23.5. The smallest absolute Gasteiger partial charge is 0.265 e. The van der Waals surface area contributed by atoms with Crippen LogP contribution in [0.3, 0.4) is 0 Å². The molecule has 2 aromatic rings. The molecular formula is C29H41N7O2S. The van der Waals surface area contributed by atoms with Crippen molar-refractivity contribution in [3.05, 3.63) is 35.9 Å². The van der Waals surface area contributed by atoms with Crippen molar-refractivity contribution in [2.75, 3.05) is 41.3 Å². The molecule has 2 fully saturated rings. The summed E-state index contributed by atoms with van der Waals surface area (Å²) in [6.45, 7) is 14.0. The van der Waals surface area contributed by atoms with Crippen LogP contribution in [0.2, 0.25) is 0 Å². The summed E-state index contributed by atoms with van der Waals surface area (Å²) >= 11 is 1.20. The molecule has 10 heteroatoms. The van der Waals surface area contributed by atoms with Gasteiger partial charge in [0, 0.05) is 43.7 Å². The quantitative estimate of drug-likeness (QED) is 0.481. The summed E-state index contributed by atoms with van der Waals surface area (Å²) in [6.07, 6.45) is 3.87. The molecule has 5 heterocycles. The maximum atomic E-state index is 13.5. The highest BCUT2D eigenvalue weighted by atomic mass is 32.2. The molecular weight excluding hydrogens is 510 g/mol. The van der Waals surface area contributed by atoms with Gasteiger partial charge in [-0.2, -0.15) is 0 Å². The van der Waals surface area contributed by atoms with Gasteiger partial charge in [-0.1, -0.05) is 26.8 Å². The number of anilines is 3. The minimum absolute atomic E-state index is 0.0425. The number of nitrogens with zero attached hydrogens (tertiary/aromatic N) is 4. The van der Waals surface area contributed by atoms with Crippen LogP contribution in [-0.4, -0.2) is 59.5 Å². The highest BCUT2D eigenvalue weighted by Crippen LogP contribution is 2.40. The van der Waals surface area contributed by atoms with E-state index in [0.29, 0.717) is 34.7 Å². The number of pyridine rings is 2. The van der Waals surface area contributed by atoms with E-state index in [2.05, 4.69) is 59.9 Å². The van der Waals surface area contributed by atoms with Gasteiger partial charge in [-0.3, -0.25) is 19.2 Å². The van der Waals surface area contributed by atoms with Crippen LogP contribution in [0.25, 0.3) is 0 Å². The molecule has 2 saturated heterocycles. The van der Waals surface area contributed by atoms with Gasteiger partial charge in [0.15, 0.2) is 0 Å². The second-order valence-electron chi connectivity index (χ2n) is 12.8. The molecule has 0 aromatic carbocycles. The van der Waals surface area contributed by atoms with E-state index in [1.54, 1.807) is 4.90 Å². The van der Waals surface area contributed by atoms with E-state index in [1.165, 1.54) is 11.9 Å². The van der Waals surface area contributed by atoms with Gasteiger partial charge < -0.3 is 15.5 Å². The first-order valence-corrected chi connectivity index (χ1v) is 14.8. The Morgan fingerprint density at radius 2 is 1.95 bits per heavy atom. The Hall–Kier alpha value is -2.85. The fourth-order valence-corrected chi connectivity index (χ4v) is 6.38. The molecule has 0 spiro atoms. The van der Waals surface area contributed by atoms with Gasteiger partial charge >= 0.3 is 0 Å². The van der Waals surface area contributed by atoms with Crippen LogP contribution in [0, 0.1) is 11.3 Å². The summed E-state index contributed by atoms with van der Waals surface area (Å²) < 4.78 is 2.97. The number of rotatable bonds is 3. The number of amides is 2. The number of nitrogens with one attached hydrogen (secondary N) is 3. The standard InChI is InChI=1S/C29H41N7O2S/c1-28(2,3)18-31-21-13-15-35(27(21)38)23-12-11-20-25(33-23)36-17-19(16-29(36,4)5)8-7-14-30-22-9-6-10-24(32-22)39-34-26(20)37/h6,9-12,19,21,31H,7-8,13-18H2,1-5H3,(H,30,32)(H,34,37)/t19-,21?/m0/s1. The molecule has 2 atom stereocenters. The van der Waals surface area contributed by atoms with Crippen molar-refractivity contribution in [2.24, 2.45) is 11.3 Å². The largest absolute Gasteiger partial charge is 0.370 e. The van der Waals surface area contributed by atoms with Crippen molar-refractivity contribution in [3.8, 4) is 0 Å². The molecule has 3 N–H and O–H groups in total. The second-order valence-corrected chi connectivity index (χ2v) is 13.6. The first-order chi connectivity index (χ1) is 18.5. The number of aromatic nitrogens is 2. The zero-order valence-electron chi connectivity index (χ0n) is 23.7. The number of hydrogen-bond acceptors (Lipinski definition) is 8. The molecule has 39 heavy (non-hydrogen) atoms. The predicted molar refractivity (Wildman–Crippen MR) is 157 cm³/mol. The third-order valence-electron chi connectivity index (χ3n) is 7.75. The van der Waals surface area contributed by atoms with Gasteiger partial charge in [0.2, 0.25) is 5.91 Å². The van der Waals surface area contributed by atoms with E-state index >= 15 is 0 Å². The van der Waals surface area contributed by atoms with E-state index < -0.39 is 0 Å². The second kappa shape index (κ2) is 11.0.